The number of hydrogen-bond donors (Lipinski definition) is 0. The minimum Gasteiger partial charge on any atom is -0.343 e. The van der Waals surface area contributed by atoms with Gasteiger partial charge in [0.25, 0.3) is 0 Å². The van der Waals surface area contributed by atoms with Crippen LogP contribution < -0.4 is 0 Å². The lowest BCUT2D eigenvalue weighted by Gasteiger charge is -2.36. The van der Waals surface area contributed by atoms with Gasteiger partial charge in [-0.3, -0.25) is 19.8 Å². The Balaban J connectivity index is 1.99. The molecule has 7 heteroatoms. The van der Waals surface area contributed by atoms with Crippen molar-refractivity contribution in [3.8, 4) is 0 Å². The quantitative estimate of drug-likeness (QED) is 0.629. The van der Waals surface area contributed by atoms with Gasteiger partial charge >= 0.3 is 5.69 Å². The Labute approximate surface area is 128 Å². The molecule has 0 saturated carbocycles. The number of nitro groups is 1. The molecule has 0 bridgehead atoms. The number of hydrogen-bond acceptors (Lipinski definition) is 4. The summed E-state index contributed by atoms with van der Waals surface area (Å²) in [7, 11) is 1.78. The van der Waals surface area contributed by atoms with Crippen LogP contribution in [0.1, 0.15) is 12.5 Å². The van der Waals surface area contributed by atoms with Gasteiger partial charge in [-0.05, 0) is 24.6 Å². The average Bonchev–Trinajstić information content (AvgIpc) is 2.47. The Morgan fingerprint density at radius 2 is 2.18 bits per heavy atom. The highest BCUT2D eigenvalue weighted by atomic mass is 19.1. The van der Waals surface area contributed by atoms with E-state index in [0.29, 0.717) is 18.7 Å². The lowest BCUT2D eigenvalue weighted by molar-refractivity contribution is -0.387. The molecule has 1 heterocycles. The van der Waals surface area contributed by atoms with E-state index in [1.165, 1.54) is 6.07 Å². The smallest absolute Gasteiger partial charge is 0.304 e. The molecule has 0 aromatic heterocycles. The molecule has 1 atom stereocenters. The number of halogens is 1. The second-order valence-electron chi connectivity index (χ2n) is 5.30. The highest BCUT2D eigenvalue weighted by molar-refractivity contribution is 5.82. The van der Waals surface area contributed by atoms with Crippen LogP contribution in [0.3, 0.4) is 0 Å². The number of nitro benzene ring substituents is 1. The fraction of sp³-hybridized carbons (Fsp3) is 0.400. The molecule has 0 spiro atoms. The largest absolute Gasteiger partial charge is 0.343 e. The number of carbonyl (C=O) groups is 1. The van der Waals surface area contributed by atoms with Crippen LogP contribution in [-0.4, -0.2) is 53.4 Å². The third kappa shape index (κ3) is 3.48. The maximum absolute atomic E-state index is 13.5. The summed E-state index contributed by atoms with van der Waals surface area (Å²) in [6.07, 6.45) is 3.53. The highest BCUT2D eigenvalue weighted by Gasteiger charge is 2.28. The van der Waals surface area contributed by atoms with Crippen LogP contribution in [0.5, 0.6) is 0 Å². The topological polar surface area (TPSA) is 66.7 Å². The fourth-order valence-electron chi connectivity index (χ4n) is 2.41. The van der Waals surface area contributed by atoms with Crippen molar-refractivity contribution in [1.82, 2.24) is 9.80 Å². The molecule has 0 radical (unpaired) electrons. The van der Waals surface area contributed by atoms with Crippen molar-refractivity contribution in [2.45, 2.75) is 13.0 Å². The molecule has 1 fully saturated rings. The number of nitrogens with zero attached hydrogens (tertiary/aromatic N) is 3. The predicted molar refractivity (Wildman–Crippen MR) is 80.8 cm³/mol. The summed E-state index contributed by atoms with van der Waals surface area (Å²) >= 11 is 0. The molecule has 118 valence electrons. The molecule has 2 rings (SSSR count). The zero-order valence-corrected chi connectivity index (χ0v) is 12.5. The summed E-state index contributed by atoms with van der Waals surface area (Å²) in [5.74, 6) is -0.767. The minimum absolute atomic E-state index is 0.0843. The molecular weight excluding hydrogens is 289 g/mol. The van der Waals surface area contributed by atoms with E-state index in [1.807, 2.05) is 17.9 Å². The van der Waals surface area contributed by atoms with E-state index in [-0.39, 0.29) is 11.9 Å². The van der Waals surface area contributed by atoms with Gasteiger partial charge in [0.1, 0.15) is 0 Å². The monoisotopic (exact) mass is 307 g/mol. The Kier molecular flexibility index (Phi) is 4.87. The van der Waals surface area contributed by atoms with E-state index in [4.69, 9.17) is 0 Å². The predicted octanol–water partition coefficient (Wildman–Crippen LogP) is 1.91. The first kappa shape index (κ1) is 16.1. The first-order chi connectivity index (χ1) is 10.4. The van der Waals surface area contributed by atoms with E-state index in [0.717, 1.165) is 18.7 Å². The van der Waals surface area contributed by atoms with Crippen LogP contribution in [0.2, 0.25) is 0 Å². The van der Waals surface area contributed by atoms with Gasteiger partial charge in [-0.2, -0.15) is 4.39 Å². The van der Waals surface area contributed by atoms with Crippen LogP contribution in [0.4, 0.5) is 10.1 Å². The SMILES string of the molecule is C[C@@H]1C(=O)N(C)CCN1C/C=C/c1ccc([N+](=O)[O-])c(F)c1. The number of amides is 1. The van der Waals surface area contributed by atoms with Gasteiger partial charge < -0.3 is 4.90 Å². The molecular formula is C15H18FN3O3. The van der Waals surface area contributed by atoms with Crippen molar-refractivity contribution in [1.29, 1.82) is 0 Å². The zero-order chi connectivity index (χ0) is 16.3. The van der Waals surface area contributed by atoms with Crippen molar-refractivity contribution in [2.24, 2.45) is 0 Å². The third-order valence-corrected chi connectivity index (χ3v) is 3.82. The van der Waals surface area contributed by atoms with E-state index in [1.54, 1.807) is 18.0 Å². The maximum Gasteiger partial charge on any atom is 0.304 e. The van der Waals surface area contributed by atoms with Crippen LogP contribution in [0, 0.1) is 15.9 Å². The second-order valence-corrected chi connectivity index (χ2v) is 5.30. The van der Waals surface area contributed by atoms with Gasteiger partial charge in [0.15, 0.2) is 0 Å². The molecule has 6 nitrogen and oxygen atoms in total. The summed E-state index contributed by atoms with van der Waals surface area (Å²) in [5.41, 5.74) is 0.0200. The number of carbonyl (C=O) groups excluding carboxylic acids is 1. The summed E-state index contributed by atoms with van der Waals surface area (Å²) in [6, 6.07) is 3.59. The molecule has 0 N–H and O–H groups in total. The van der Waals surface area contributed by atoms with Gasteiger partial charge in [0.05, 0.1) is 11.0 Å². The van der Waals surface area contributed by atoms with Gasteiger partial charge in [0.2, 0.25) is 11.7 Å². The summed E-state index contributed by atoms with van der Waals surface area (Å²) in [6.45, 7) is 3.89. The molecule has 1 saturated heterocycles. The molecule has 1 aromatic rings. The molecule has 0 aliphatic carbocycles. The molecule has 1 aliphatic heterocycles. The van der Waals surface area contributed by atoms with E-state index >= 15 is 0 Å². The first-order valence-electron chi connectivity index (χ1n) is 6.99. The van der Waals surface area contributed by atoms with Crippen LogP contribution >= 0.6 is 0 Å². The number of piperazine rings is 1. The molecule has 0 unspecified atom stereocenters. The maximum atomic E-state index is 13.5. The Morgan fingerprint density at radius 3 is 2.82 bits per heavy atom. The van der Waals surface area contributed by atoms with Gasteiger partial charge in [-0.25, -0.2) is 0 Å². The highest BCUT2D eigenvalue weighted by Crippen LogP contribution is 2.19. The average molecular weight is 307 g/mol. The summed E-state index contributed by atoms with van der Waals surface area (Å²) < 4.78 is 13.5. The zero-order valence-electron chi connectivity index (χ0n) is 12.5. The summed E-state index contributed by atoms with van der Waals surface area (Å²) in [4.78, 5) is 25.4. The molecule has 1 aromatic carbocycles. The normalized spacial score (nSPS) is 19.9. The van der Waals surface area contributed by atoms with Gasteiger partial charge in [0, 0.05) is 32.7 Å². The number of rotatable bonds is 4. The lowest BCUT2D eigenvalue weighted by atomic mass is 10.1. The summed E-state index contributed by atoms with van der Waals surface area (Å²) in [5, 5.41) is 10.6. The van der Waals surface area contributed by atoms with E-state index in [2.05, 4.69) is 0 Å². The Bertz CT molecular complexity index is 618. The molecule has 1 amide bonds. The van der Waals surface area contributed by atoms with Crippen molar-refractivity contribution in [2.75, 3.05) is 26.7 Å². The first-order valence-corrected chi connectivity index (χ1v) is 6.99. The molecule has 22 heavy (non-hydrogen) atoms. The number of benzene rings is 1. The van der Waals surface area contributed by atoms with Gasteiger partial charge in [-0.1, -0.05) is 12.2 Å². The lowest BCUT2D eigenvalue weighted by Crippen LogP contribution is -2.54. The van der Waals surface area contributed by atoms with Crippen LogP contribution in [0.15, 0.2) is 24.3 Å². The second kappa shape index (κ2) is 6.65. The number of likely N-dealkylation sites (N-methyl/N-ethyl adjacent to an activating group) is 1. The van der Waals surface area contributed by atoms with Crippen LogP contribution in [0.25, 0.3) is 6.08 Å². The third-order valence-electron chi connectivity index (χ3n) is 3.82. The standard InChI is InChI=1S/C15H18FN3O3/c1-11-15(20)17(2)8-9-18(11)7-3-4-12-5-6-14(19(21)22)13(16)10-12/h3-6,10-11H,7-9H2,1-2H3/b4-3+/t11-/m1/s1. The van der Waals surface area contributed by atoms with Crippen molar-refractivity contribution in [3.63, 3.8) is 0 Å². The van der Waals surface area contributed by atoms with Crippen molar-refractivity contribution < 1.29 is 14.1 Å². The fourth-order valence-corrected chi connectivity index (χ4v) is 2.41. The Hall–Kier alpha value is -2.28. The molecule has 1 aliphatic rings. The Morgan fingerprint density at radius 1 is 1.45 bits per heavy atom. The van der Waals surface area contributed by atoms with Crippen molar-refractivity contribution >= 4 is 17.7 Å². The van der Waals surface area contributed by atoms with Gasteiger partial charge in [-0.15, -0.1) is 0 Å². The minimum atomic E-state index is -0.852. The van der Waals surface area contributed by atoms with Crippen LogP contribution in [-0.2, 0) is 4.79 Å². The van der Waals surface area contributed by atoms with E-state index < -0.39 is 16.4 Å². The van der Waals surface area contributed by atoms with E-state index in [9.17, 15) is 19.3 Å². The van der Waals surface area contributed by atoms with Crippen molar-refractivity contribution in [3.05, 3.63) is 45.8 Å².